The highest BCUT2D eigenvalue weighted by atomic mass is 19.1. The van der Waals surface area contributed by atoms with Crippen molar-refractivity contribution in [1.29, 1.82) is 5.26 Å². The van der Waals surface area contributed by atoms with Gasteiger partial charge >= 0.3 is 6.03 Å². The summed E-state index contributed by atoms with van der Waals surface area (Å²) in [4.78, 5) is 24.0. The second-order valence-electron chi connectivity index (χ2n) is 7.68. The Labute approximate surface area is 186 Å². The molecule has 1 aromatic heterocycles. The summed E-state index contributed by atoms with van der Waals surface area (Å²) in [5.74, 6) is 0.347. The minimum atomic E-state index is -0.525. The molecular formula is C22H26FN7O2. The number of aliphatic imine (C=N–C) groups is 1. The van der Waals surface area contributed by atoms with E-state index in [4.69, 9.17) is 10.00 Å². The fraction of sp³-hybridized carbons (Fsp3) is 0.364. The molecule has 1 fully saturated rings. The van der Waals surface area contributed by atoms with E-state index >= 15 is 0 Å². The molecule has 10 heteroatoms. The van der Waals surface area contributed by atoms with Gasteiger partial charge in [-0.25, -0.2) is 9.18 Å². The SMILES string of the molecule is Cc1ccc(NC(=O)Nc2cc(F)cc(OC3CCCN(/C(=N/C#N)N(C)C)C3)c2)cn1. The number of carbonyl (C=O) groups excluding carboxylic acids is 1. The lowest BCUT2D eigenvalue weighted by Crippen LogP contribution is -2.49. The standard InChI is InChI=1S/C22H26FN7O2/c1-15-6-7-17(12-25-15)27-21(31)28-18-9-16(23)10-20(11-18)32-19-5-4-8-30(13-19)22(26-14-24)29(2)3/h6-7,9-12,19H,4-5,8,13H2,1-3H3,(H2,27,28,31)/b26-22+. The number of urea groups is 1. The Balaban J connectivity index is 1.65. The molecule has 1 atom stereocenters. The monoisotopic (exact) mass is 439 g/mol. The normalized spacial score (nSPS) is 16.2. The van der Waals surface area contributed by atoms with Crippen LogP contribution in [0, 0.1) is 24.2 Å². The quantitative estimate of drug-likeness (QED) is 0.430. The lowest BCUT2D eigenvalue weighted by Gasteiger charge is -2.36. The number of amides is 2. The molecule has 2 heterocycles. The molecule has 0 saturated carbocycles. The molecule has 0 aliphatic carbocycles. The number of pyridine rings is 1. The lowest BCUT2D eigenvalue weighted by molar-refractivity contribution is 0.119. The molecule has 2 aromatic rings. The van der Waals surface area contributed by atoms with Crippen LogP contribution in [0.5, 0.6) is 5.75 Å². The Hall–Kier alpha value is -3.87. The number of carbonyl (C=O) groups is 1. The Morgan fingerprint density at radius 2 is 2.09 bits per heavy atom. The van der Waals surface area contributed by atoms with Crippen LogP contribution in [-0.2, 0) is 0 Å². The maximum absolute atomic E-state index is 14.2. The number of aryl methyl sites for hydroxylation is 1. The molecule has 1 unspecified atom stereocenters. The van der Waals surface area contributed by atoms with Gasteiger partial charge in [0.2, 0.25) is 12.2 Å². The third-order valence-corrected chi connectivity index (χ3v) is 4.81. The van der Waals surface area contributed by atoms with Crippen LogP contribution in [0.3, 0.4) is 0 Å². The zero-order chi connectivity index (χ0) is 23.1. The average Bonchev–Trinajstić information content (AvgIpc) is 2.73. The molecule has 1 aliphatic heterocycles. The molecule has 32 heavy (non-hydrogen) atoms. The molecular weight excluding hydrogens is 413 g/mol. The first kappa shape index (κ1) is 22.8. The number of hydrogen-bond donors (Lipinski definition) is 2. The number of rotatable bonds is 4. The van der Waals surface area contributed by atoms with Crippen LogP contribution in [0.25, 0.3) is 0 Å². The fourth-order valence-electron chi connectivity index (χ4n) is 3.44. The van der Waals surface area contributed by atoms with Crippen LogP contribution >= 0.6 is 0 Å². The van der Waals surface area contributed by atoms with Crippen molar-refractivity contribution in [3.05, 3.63) is 48.0 Å². The molecule has 1 saturated heterocycles. The van der Waals surface area contributed by atoms with Crippen molar-refractivity contribution in [3.8, 4) is 11.9 Å². The minimum Gasteiger partial charge on any atom is -0.488 e. The Bertz CT molecular complexity index is 1020. The molecule has 1 aromatic carbocycles. The van der Waals surface area contributed by atoms with Gasteiger partial charge in [0, 0.05) is 44.2 Å². The van der Waals surface area contributed by atoms with E-state index in [9.17, 15) is 9.18 Å². The summed E-state index contributed by atoms with van der Waals surface area (Å²) in [5.41, 5.74) is 1.63. The minimum absolute atomic E-state index is 0.213. The van der Waals surface area contributed by atoms with Gasteiger partial charge in [-0.05, 0) is 38.0 Å². The largest absolute Gasteiger partial charge is 0.488 e. The number of piperidine rings is 1. The first-order valence-electron chi connectivity index (χ1n) is 10.2. The number of guanidine groups is 1. The summed E-state index contributed by atoms with van der Waals surface area (Å²) in [6, 6.07) is 7.07. The summed E-state index contributed by atoms with van der Waals surface area (Å²) in [6.07, 6.45) is 4.78. The summed E-state index contributed by atoms with van der Waals surface area (Å²) in [5, 5.41) is 14.2. The van der Waals surface area contributed by atoms with Crippen molar-refractivity contribution in [3.63, 3.8) is 0 Å². The fourth-order valence-corrected chi connectivity index (χ4v) is 3.44. The smallest absolute Gasteiger partial charge is 0.323 e. The van der Waals surface area contributed by atoms with E-state index in [-0.39, 0.29) is 11.8 Å². The van der Waals surface area contributed by atoms with Gasteiger partial charge in [-0.3, -0.25) is 4.98 Å². The van der Waals surface area contributed by atoms with Crippen LogP contribution in [0.1, 0.15) is 18.5 Å². The molecule has 2 amide bonds. The van der Waals surface area contributed by atoms with Crippen LogP contribution in [0.15, 0.2) is 41.5 Å². The van der Waals surface area contributed by atoms with Crippen molar-refractivity contribution in [1.82, 2.24) is 14.8 Å². The van der Waals surface area contributed by atoms with E-state index in [1.807, 2.05) is 32.1 Å². The van der Waals surface area contributed by atoms with Gasteiger partial charge in [-0.1, -0.05) is 0 Å². The number of hydrogen-bond acceptors (Lipinski definition) is 5. The van der Waals surface area contributed by atoms with E-state index < -0.39 is 11.8 Å². The first-order valence-corrected chi connectivity index (χ1v) is 10.2. The van der Waals surface area contributed by atoms with Crippen molar-refractivity contribution < 1.29 is 13.9 Å². The van der Waals surface area contributed by atoms with Crippen molar-refractivity contribution in [2.24, 2.45) is 4.99 Å². The van der Waals surface area contributed by atoms with E-state index in [2.05, 4.69) is 20.6 Å². The second kappa shape index (κ2) is 10.4. The number of likely N-dealkylation sites (tertiary alicyclic amines) is 1. The number of nitrogens with one attached hydrogen (secondary N) is 2. The van der Waals surface area contributed by atoms with Gasteiger partial charge < -0.3 is 25.2 Å². The Morgan fingerprint density at radius 1 is 1.31 bits per heavy atom. The molecule has 0 spiro atoms. The number of aromatic nitrogens is 1. The molecule has 168 valence electrons. The van der Waals surface area contributed by atoms with Crippen molar-refractivity contribution in [2.45, 2.75) is 25.9 Å². The molecule has 2 N–H and O–H groups in total. The van der Waals surface area contributed by atoms with Crippen molar-refractivity contribution >= 4 is 23.4 Å². The van der Waals surface area contributed by atoms with E-state index in [1.54, 1.807) is 29.3 Å². The number of benzene rings is 1. The predicted molar refractivity (Wildman–Crippen MR) is 120 cm³/mol. The number of halogens is 1. The summed E-state index contributed by atoms with van der Waals surface area (Å²) in [6.45, 7) is 3.11. The van der Waals surface area contributed by atoms with Gasteiger partial charge in [-0.2, -0.15) is 5.26 Å². The number of nitriles is 1. The first-order chi connectivity index (χ1) is 15.3. The molecule has 0 bridgehead atoms. The number of anilines is 2. The summed E-state index contributed by atoms with van der Waals surface area (Å²) >= 11 is 0. The molecule has 3 rings (SSSR count). The van der Waals surface area contributed by atoms with E-state index in [0.717, 1.165) is 25.1 Å². The number of ether oxygens (including phenoxy) is 1. The third-order valence-electron chi connectivity index (χ3n) is 4.81. The van der Waals surface area contributed by atoms with Gasteiger partial charge in [-0.15, -0.1) is 4.99 Å². The Kier molecular flexibility index (Phi) is 7.44. The van der Waals surface area contributed by atoms with Crippen LogP contribution in [0.4, 0.5) is 20.6 Å². The second-order valence-corrected chi connectivity index (χ2v) is 7.68. The highest BCUT2D eigenvalue weighted by Gasteiger charge is 2.25. The molecule has 9 nitrogen and oxygen atoms in total. The average molecular weight is 439 g/mol. The highest BCUT2D eigenvalue weighted by molar-refractivity contribution is 5.99. The molecule has 0 radical (unpaired) electrons. The lowest BCUT2D eigenvalue weighted by atomic mass is 10.1. The van der Waals surface area contributed by atoms with Crippen LogP contribution < -0.4 is 15.4 Å². The molecule has 1 aliphatic rings. The van der Waals surface area contributed by atoms with E-state index in [0.29, 0.717) is 23.9 Å². The maximum Gasteiger partial charge on any atom is 0.323 e. The Morgan fingerprint density at radius 3 is 2.78 bits per heavy atom. The van der Waals surface area contributed by atoms with Gasteiger partial charge in [0.05, 0.1) is 18.4 Å². The van der Waals surface area contributed by atoms with Crippen LogP contribution in [0.2, 0.25) is 0 Å². The van der Waals surface area contributed by atoms with Gasteiger partial charge in [0.1, 0.15) is 17.7 Å². The topological polar surface area (TPSA) is 106 Å². The number of nitrogens with zero attached hydrogens (tertiary/aromatic N) is 5. The summed E-state index contributed by atoms with van der Waals surface area (Å²) in [7, 11) is 3.64. The zero-order valence-electron chi connectivity index (χ0n) is 18.3. The highest BCUT2D eigenvalue weighted by Crippen LogP contribution is 2.24. The van der Waals surface area contributed by atoms with Gasteiger partial charge in [0.15, 0.2) is 0 Å². The van der Waals surface area contributed by atoms with Crippen LogP contribution in [-0.4, -0.2) is 60.1 Å². The van der Waals surface area contributed by atoms with Gasteiger partial charge in [0.25, 0.3) is 0 Å². The summed E-state index contributed by atoms with van der Waals surface area (Å²) < 4.78 is 20.2. The van der Waals surface area contributed by atoms with E-state index in [1.165, 1.54) is 12.1 Å². The maximum atomic E-state index is 14.2. The van der Waals surface area contributed by atoms with Crippen molar-refractivity contribution in [2.75, 3.05) is 37.8 Å². The predicted octanol–water partition coefficient (Wildman–Crippen LogP) is 3.42. The third kappa shape index (κ3) is 6.31. The zero-order valence-corrected chi connectivity index (χ0v) is 18.3.